The van der Waals surface area contributed by atoms with Crippen molar-refractivity contribution >= 4 is 11.8 Å². The molecule has 1 aromatic rings. The number of hydrogen-bond acceptors (Lipinski definition) is 2. The summed E-state index contributed by atoms with van der Waals surface area (Å²) >= 11 is -1.01. The van der Waals surface area contributed by atoms with Gasteiger partial charge in [-0.1, -0.05) is 6.07 Å². The normalized spacial score (nSPS) is 12.6. The minimum absolute atomic E-state index is 0.602. The predicted octanol–water partition coefficient (Wildman–Crippen LogP) is 4.34. The zero-order valence-corrected chi connectivity index (χ0v) is 8.51. The van der Waals surface area contributed by atoms with Crippen molar-refractivity contribution in [1.82, 2.24) is 0 Å². The molecular weight excluding hydrogens is 277 g/mol. The van der Waals surface area contributed by atoms with E-state index in [0.717, 1.165) is 6.07 Å². The molecule has 0 bridgehead atoms. The Hall–Kier alpha value is -1.12. The van der Waals surface area contributed by atoms with Gasteiger partial charge in [-0.3, -0.25) is 0 Å². The smallest absolute Gasteiger partial charge is 0.404 e. The molecule has 0 aromatic heterocycles. The van der Waals surface area contributed by atoms with E-state index in [1.807, 2.05) is 0 Å². The van der Waals surface area contributed by atoms with Crippen LogP contribution >= 0.6 is 11.8 Å². The van der Waals surface area contributed by atoms with E-state index in [4.69, 9.17) is 0 Å². The number of benzene rings is 1. The van der Waals surface area contributed by atoms with Crippen LogP contribution < -0.4 is 4.74 Å². The monoisotopic (exact) mass is 280 g/mol. The first kappa shape index (κ1) is 13.9. The van der Waals surface area contributed by atoms with Gasteiger partial charge >= 0.3 is 11.9 Å². The van der Waals surface area contributed by atoms with Gasteiger partial charge in [0.15, 0.2) is 0 Å². The first-order valence-electron chi connectivity index (χ1n) is 3.88. The molecule has 0 spiro atoms. The first-order chi connectivity index (χ1) is 7.58. The minimum Gasteiger partial charge on any atom is -0.404 e. The fourth-order valence-corrected chi connectivity index (χ4v) is 1.52. The van der Waals surface area contributed by atoms with E-state index in [0.29, 0.717) is 12.1 Å². The molecule has 0 radical (unpaired) electrons. The summed E-state index contributed by atoms with van der Waals surface area (Å²) in [7, 11) is 0. The second-order valence-corrected chi connectivity index (χ2v) is 3.74. The Morgan fingerprint density at radius 1 is 1.00 bits per heavy atom. The van der Waals surface area contributed by atoms with E-state index >= 15 is 0 Å². The molecule has 9 heteroatoms. The fourth-order valence-electron chi connectivity index (χ4n) is 0.909. The summed E-state index contributed by atoms with van der Waals surface area (Å²) in [5, 5.41) is 0. The van der Waals surface area contributed by atoms with Crippen LogP contribution in [-0.2, 0) is 0 Å². The highest BCUT2D eigenvalue weighted by Gasteiger charge is 2.36. The van der Waals surface area contributed by atoms with Crippen LogP contribution in [0.25, 0.3) is 0 Å². The van der Waals surface area contributed by atoms with E-state index in [2.05, 4.69) is 4.74 Å². The second-order valence-electron chi connectivity index (χ2n) is 2.66. The van der Waals surface area contributed by atoms with Gasteiger partial charge < -0.3 is 4.74 Å². The van der Waals surface area contributed by atoms with Gasteiger partial charge in [0.05, 0.1) is 4.90 Å². The van der Waals surface area contributed by atoms with Gasteiger partial charge in [0.1, 0.15) is 11.6 Å². The third-order valence-corrected chi connectivity index (χ3v) is 2.21. The van der Waals surface area contributed by atoms with Crippen molar-refractivity contribution in [3.63, 3.8) is 0 Å². The van der Waals surface area contributed by atoms with Crippen molar-refractivity contribution in [2.45, 2.75) is 16.8 Å². The molecule has 1 nitrogen and oxygen atoms in total. The highest BCUT2D eigenvalue weighted by atomic mass is 32.2. The first-order valence-corrected chi connectivity index (χ1v) is 4.70. The zero-order chi connectivity index (χ0) is 13.3. The summed E-state index contributed by atoms with van der Waals surface area (Å²) in [6.45, 7) is 0. The molecule has 0 saturated carbocycles. The SMILES string of the molecule is Fc1cccc(OC(F)(F)F)c1SC(F)(F)F. The molecule has 0 aliphatic carbocycles. The lowest BCUT2D eigenvalue weighted by Crippen LogP contribution is -2.18. The maximum atomic E-state index is 13.0. The molecule has 17 heavy (non-hydrogen) atoms. The maximum Gasteiger partial charge on any atom is 0.573 e. The van der Waals surface area contributed by atoms with Crippen LogP contribution in [0.1, 0.15) is 0 Å². The van der Waals surface area contributed by atoms with Crippen LogP contribution in [0.5, 0.6) is 5.75 Å². The van der Waals surface area contributed by atoms with Crippen LogP contribution in [0, 0.1) is 5.82 Å². The second kappa shape index (κ2) is 4.63. The summed E-state index contributed by atoms with van der Waals surface area (Å²) in [5.41, 5.74) is -4.91. The Balaban J connectivity index is 3.09. The summed E-state index contributed by atoms with van der Waals surface area (Å²) in [5.74, 6) is -2.66. The third kappa shape index (κ3) is 4.72. The Morgan fingerprint density at radius 3 is 2.06 bits per heavy atom. The zero-order valence-electron chi connectivity index (χ0n) is 7.69. The third-order valence-electron chi connectivity index (χ3n) is 1.37. The summed E-state index contributed by atoms with van der Waals surface area (Å²) in [6.07, 6.45) is -5.19. The molecule has 96 valence electrons. The molecule has 0 aliphatic heterocycles. The van der Waals surface area contributed by atoms with Crippen LogP contribution in [0.4, 0.5) is 30.7 Å². The highest BCUT2D eigenvalue weighted by Crippen LogP contribution is 2.43. The summed E-state index contributed by atoms with van der Waals surface area (Å²) in [6, 6.07) is 2.03. The van der Waals surface area contributed by atoms with E-state index in [1.165, 1.54) is 0 Å². The average molecular weight is 280 g/mol. The number of thioether (sulfide) groups is 1. The van der Waals surface area contributed by atoms with Crippen molar-refractivity contribution in [1.29, 1.82) is 0 Å². The number of rotatable bonds is 2. The number of hydrogen-bond donors (Lipinski definition) is 0. The van der Waals surface area contributed by atoms with E-state index in [9.17, 15) is 30.7 Å². The van der Waals surface area contributed by atoms with Gasteiger partial charge in [-0.05, 0) is 23.9 Å². The molecule has 0 saturated heterocycles. The molecule has 0 amide bonds. The molecular formula is C8H3F7OS. The van der Waals surface area contributed by atoms with Gasteiger partial charge in [-0.15, -0.1) is 13.2 Å². The average Bonchev–Trinajstić information content (AvgIpc) is 2.07. The Labute approximate surface area is 94.6 Å². The minimum atomic E-state index is -5.19. The standard InChI is InChI=1S/C8H3F7OS/c9-4-2-1-3-5(16-7(10,11)12)6(4)17-8(13,14)15/h1-3H. The van der Waals surface area contributed by atoms with Crippen molar-refractivity contribution < 1.29 is 35.5 Å². The lowest BCUT2D eigenvalue weighted by molar-refractivity contribution is -0.275. The van der Waals surface area contributed by atoms with Crippen LogP contribution in [-0.4, -0.2) is 11.9 Å². The fraction of sp³-hybridized carbons (Fsp3) is 0.250. The lowest BCUT2D eigenvalue weighted by atomic mass is 10.3. The van der Waals surface area contributed by atoms with Crippen molar-refractivity contribution in [2.75, 3.05) is 0 Å². The maximum absolute atomic E-state index is 13.0. The van der Waals surface area contributed by atoms with Crippen molar-refractivity contribution in [3.05, 3.63) is 24.0 Å². The van der Waals surface area contributed by atoms with Gasteiger partial charge in [-0.2, -0.15) is 13.2 Å². The van der Waals surface area contributed by atoms with Crippen molar-refractivity contribution in [2.24, 2.45) is 0 Å². The summed E-state index contributed by atoms with van der Waals surface area (Å²) in [4.78, 5) is -1.25. The van der Waals surface area contributed by atoms with Gasteiger partial charge in [0.2, 0.25) is 0 Å². The van der Waals surface area contributed by atoms with E-state index in [1.54, 1.807) is 0 Å². The molecule has 1 aromatic carbocycles. The van der Waals surface area contributed by atoms with Crippen LogP contribution in [0.2, 0.25) is 0 Å². The quantitative estimate of drug-likeness (QED) is 0.589. The van der Waals surface area contributed by atoms with E-state index in [-0.39, 0.29) is 0 Å². The van der Waals surface area contributed by atoms with Gasteiger partial charge in [0.25, 0.3) is 0 Å². The largest absolute Gasteiger partial charge is 0.573 e. The molecule has 0 unspecified atom stereocenters. The molecule has 0 aliphatic rings. The Bertz CT molecular complexity index is 398. The summed E-state index contributed by atoms with van der Waals surface area (Å²) < 4.78 is 87.8. The lowest BCUT2D eigenvalue weighted by Gasteiger charge is -2.14. The molecule has 0 N–H and O–H groups in total. The van der Waals surface area contributed by atoms with Crippen molar-refractivity contribution in [3.8, 4) is 5.75 Å². The molecule has 0 atom stereocenters. The number of alkyl halides is 6. The Kier molecular flexibility index (Phi) is 3.80. The van der Waals surface area contributed by atoms with Crippen LogP contribution in [0.15, 0.2) is 23.1 Å². The van der Waals surface area contributed by atoms with Crippen LogP contribution in [0.3, 0.4) is 0 Å². The van der Waals surface area contributed by atoms with Gasteiger partial charge in [-0.25, -0.2) is 4.39 Å². The Morgan fingerprint density at radius 2 is 1.59 bits per heavy atom. The molecule has 0 heterocycles. The van der Waals surface area contributed by atoms with E-state index < -0.39 is 40.1 Å². The van der Waals surface area contributed by atoms with Gasteiger partial charge in [0, 0.05) is 0 Å². The number of halogens is 7. The highest BCUT2D eigenvalue weighted by molar-refractivity contribution is 8.00. The molecule has 1 rings (SSSR count). The number of ether oxygens (including phenoxy) is 1. The molecule has 0 fully saturated rings. The predicted molar refractivity (Wildman–Crippen MR) is 45.0 cm³/mol. The topological polar surface area (TPSA) is 9.23 Å².